The number of benzene rings is 7. The lowest BCUT2D eigenvalue weighted by Crippen LogP contribution is -2.06. The summed E-state index contributed by atoms with van der Waals surface area (Å²) in [5, 5.41) is 6.47. The highest BCUT2D eigenvalue weighted by Gasteiger charge is 2.19. The summed E-state index contributed by atoms with van der Waals surface area (Å²) in [5.41, 5.74) is 7.97. The average Bonchev–Trinajstić information content (AvgIpc) is 3.73. The third-order valence-electron chi connectivity index (χ3n) is 9.05. The largest absolute Gasteiger partial charge is 0.456 e. The van der Waals surface area contributed by atoms with Gasteiger partial charge in [-0.3, -0.25) is 4.99 Å². The first kappa shape index (κ1) is 28.6. The molecule has 0 spiro atoms. The van der Waals surface area contributed by atoms with Gasteiger partial charge in [0, 0.05) is 32.7 Å². The maximum Gasteiger partial charge on any atom is 0.161 e. The van der Waals surface area contributed by atoms with E-state index in [1.165, 1.54) is 10.8 Å². The van der Waals surface area contributed by atoms with Crippen molar-refractivity contribution in [3.8, 4) is 11.1 Å². The summed E-state index contributed by atoms with van der Waals surface area (Å²) in [7, 11) is 0. The lowest BCUT2D eigenvalue weighted by Gasteiger charge is -2.10. The zero-order valence-electron chi connectivity index (χ0n) is 26.5. The summed E-state index contributed by atoms with van der Waals surface area (Å²) in [6, 6.07) is 51.5. The van der Waals surface area contributed by atoms with Crippen LogP contribution in [0.1, 0.15) is 16.7 Å². The molecule has 0 atom stereocenters. The van der Waals surface area contributed by atoms with Gasteiger partial charge >= 0.3 is 0 Å². The van der Waals surface area contributed by atoms with Crippen LogP contribution >= 0.6 is 0 Å². The zero-order chi connectivity index (χ0) is 32.7. The highest BCUT2D eigenvalue weighted by molar-refractivity contribution is 6.22. The van der Waals surface area contributed by atoms with E-state index in [9.17, 15) is 0 Å². The Bertz CT molecular complexity index is 2770. The minimum atomic E-state index is 0.462. The number of hydrogen-bond donors (Lipinski definition) is 0. The molecule has 49 heavy (non-hydrogen) atoms. The van der Waals surface area contributed by atoms with Crippen LogP contribution in [-0.2, 0) is 6.54 Å². The van der Waals surface area contributed by atoms with Crippen molar-refractivity contribution in [1.82, 2.24) is 0 Å². The third-order valence-corrected chi connectivity index (χ3v) is 9.05. The van der Waals surface area contributed by atoms with E-state index in [0.29, 0.717) is 18.2 Å². The lowest BCUT2D eigenvalue weighted by atomic mass is 9.97. The smallest absolute Gasteiger partial charge is 0.161 e. The van der Waals surface area contributed by atoms with Crippen molar-refractivity contribution in [2.24, 2.45) is 15.0 Å². The fourth-order valence-corrected chi connectivity index (χ4v) is 6.67. The molecule has 5 heteroatoms. The number of amidine groups is 2. The summed E-state index contributed by atoms with van der Waals surface area (Å²) >= 11 is 0. The summed E-state index contributed by atoms with van der Waals surface area (Å²) < 4.78 is 12.7. The predicted octanol–water partition coefficient (Wildman–Crippen LogP) is 11.4. The summed E-state index contributed by atoms with van der Waals surface area (Å²) in [5.74, 6) is 1.04. The molecular weight excluding hydrogens is 603 g/mol. The molecule has 0 aliphatic heterocycles. The molecule has 0 saturated heterocycles. The van der Waals surface area contributed by atoms with Crippen molar-refractivity contribution < 1.29 is 8.83 Å². The van der Waals surface area contributed by atoms with E-state index in [0.717, 1.165) is 71.7 Å². The molecule has 0 aliphatic rings. The molecule has 9 aromatic rings. The summed E-state index contributed by atoms with van der Waals surface area (Å²) in [6.07, 6.45) is 0. The van der Waals surface area contributed by atoms with Crippen LogP contribution in [0, 0.1) is 0 Å². The Balaban J connectivity index is 1.22. The van der Waals surface area contributed by atoms with Gasteiger partial charge in [-0.25, -0.2) is 9.98 Å². The maximum atomic E-state index is 6.44. The fraction of sp³-hybridized carbons (Fsp3) is 0.0227. The number of aliphatic imine (C=N–C) groups is 3. The first-order valence-electron chi connectivity index (χ1n) is 16.2. The average molecular weight is 632 g/mol. The summed E-state index contributed by atoms with van der Waals surface area (Å²) in [4.78, 5) is 14.7. The zero-order valence-corrected chi connectivity index (χ0v) is 26.5. The number of para-hydroxylation sites is 2. The SMILES string of the molecule is C=NC(=NC(=NCc1ccc2ccccc2c1)c1ccccc1)c1cc(-c2ccc3c(c2)oc2ccccc23)cc2oc3ccccc3c12. The van der Waals surface area contributed by atoms with Crippen LogP contribution in [0.15, 0.2) is 175 Å². The molecule has 0 amide bonds. The molecule has 0 saturated carbocycles. The predicted molar refractivity (Wildman–Crippen MR) is 203 cm³/mol. The maximum absolute atomic E-state index is 6.44. The molecule has 0 fully saturated rings. The van der Waals surface area contributed by atoms with E-state index in [1.807, 2.05) is 66.7 Å². The monoisotopic (exact) mass is 631 g/mol. The number of nitrogens with zero attached hydrogens (tertiary/aromatic N) is 3. The van der Waals surface area contributed by atoms with Crippen LogP contribution in [0.4, 0.5) is 0 Å². The third kappa shape index (κ3) is 5.18. The van der Waals surface area contributed by atoms with Gasteiger partial charge in [0.15, 0.2) is 11.7 Å². The molecule has 0 aliphatic carbocycles. The second-order valence-corrected chi connectivity index (χ2v) is 12.1. The molecular formula is C44H29N3O2. The van der Waals surface area contributed by atoms with E-state index >= 15 is 0 Å². The molecule has 7 aromatic carbocycles. The van der Waals surface area contributed by atoms with Crippen molar-refractivity contribution in [2.75, 3.05) is 0 Å². The highest BCUT2D eigenvalue weighted by atomic mass is 16.3. The Morgan fingerprint density at radius 1 is 0.510 bits per heavy atom. The molecule has 9 rings (SSSR count). The van der Waals surface area contributed by atoms with Gasteiger partial charge in [-0.1, -0.05) is 109 Å². The van der Waals surface area contributed by atoms with E-state index in [-0.39, 0.29) is 0 Å². The van der Waals surface area contributed by atoms with Crippen molar-refractivity contribution in [2.45, 2.75) is 6.54 Å². The quantitative estimate of drug-likeness (QED) is 0.140. The number of fused-ring (bicyclic) bond motifs is 7. The van der Waals surface area contributed by atoms with E-state index in [2.05, 4.69) is 96.6 Å². The molecule has 0 N–H and O–H groups in total. The van der Waals surface area contributed by atoms with Gasteiger partial charge in [0.1, 0.15) is 22.3 Å². The van der Waals surface area contributed by atoms with Gasteiger partial charge in [-0.2, -0.15) is 0 Å². The van der Waals surface area contributed by atoms with Crippen LogP contribution in [0.3, 0.4) is 0 Å². The van der Waals surface area contributed by atoms with Crippen LogP contribution in [0.25, 0.3) is 65.8 Å². The van der Waals surface area contributed by atoms with Gasteiger partial charge < -0.3 is 8.83 Å². The summed E-state index contributed by atoms with van der Waals surface area (Å²) in [6.45, 7) is 4.46. The van der Waals surface area contributed by atoms with Gasteiger partial charge in [0.25, 0.3) is 0 Å². The molecule has 232 valence electrons. The van der Waals surface area contributed by atoms with Gasteiger partial charge in [-0.05, 0) is 76.6 Å². The van der Waals surface area contributed by atoms with E-state index < -0.39 is 0 Å². The Hall–Kier alpha value is -6.59. The standard InChI is InChI=1S/C44H29N3O2/c1-45-44(47-43(30-12-3-2-4-13-30)46-27-28-19-20-29-11-5-6-14-31(29)23-28)37-24-33(26-41-42(37)36-16-8-10-18-39(36)49-41)32-21-22-35-34-15-7-9-17-38(34)48-40(35)25-32/h2-26H,1,27H2. The molecule has 0 radical (unpaired) electrons. The first-order valence-corrected chi connectivity index (χ1v) is 16.2. The number of furan rings is 2. The van der Waals surface area contributed by atoms with Crippen molar-refractivity contribution in [3.63, 3.8) is 0 Å². The Morgan fingerprint density at radius 2 is 1.18 bits per heavy atom. The Morgan fingerprint density at radius 3 is 2.02 bits per heavy atom. The normalized spacial score (nSPS) is 12.5. The molecule has 5 nitrogen and oxygen atoms in total. The van der Waals surface area contributed by atoms with Gasteiger partial charge in [-0.15, -0.1) is 0 Å². The lowest BCUT2D eigenvalue weighted by molar-refractivity contribution is 0.668. The number of hydrogen-bond acceptors (Lipinski definition) is 3. The van der Waals surface area contributed by atoms with Crippen molar-refractivity contribution in [1.29, 1.82) is 0 Å². The van der Waals surface area contributed by atoms with Crippen molar-refractivity contribution in [3.05, 3.63) is 168 Å². The Kier molecular flexibility index (Phi) is 6.95. The van der Waals surface area contributed by atoms with Crippen molar-refractivity contribution >= 4 is 73.0 Å². The topological polar surface area (TPSA) is 63.4 Å². The van der Waals surface area contributed by atoms with Crippen LogP contribution < -0.4 is 0 Å². The fourth-order valence-electron chi connectivity index (χ4n) is 6.67. The molecule has 0 unspecified atom stereocenters. The van der Waals surface area contributed by atoms with E-state index in [1.54, 1.807) is 0 Å². The molecule has 2 heterocycles. The minimum Gasteiger partial charge on any atom is -0.456 e. The van der Waals surface area contributed by atoms with E-state index in [4.69, 9.17) is 18.8 Å². The highest BCUT2D eigenvalue weighted by Crippen LogP contribution is 2.38. The minimum absolute atomic E-state index is 0.462. The second-order valence-electron chi connectivity index (χ2n) is 12.1. The molecule has 2 aromatic heterocycles. The number of rotatable bonds is 5. The Labute approximate surface area is 282 Å². The first-order chi connectivity index (χ1) is 24.2. The van der Waals surface area contributed by atoms with Crippen LogP contribution in [-0.4, -0.2) is 18.4 Å². The van der Waals surface area contributed by atoms with Crippen LogP contribution in [0.2, 0.25) is 0 Å². The van der Waals surface area contributed by atoms with Gasteiger partial charge in [0.2, 0.25) is 0 Å². The van der Waals surface area contributed by atoms with Gasteiger partial charge in [0.05, 0.1) is 6.54 Å². The second kappa shape index (κ2) is 11.9. The van der Waals surface area contributed by atoms with Crippen LogP contribution in [0.5, 0.6) is 0 Å². The molecule has 0 bridgehead atoms.